The molecule has 1 fully saturated rings. The third-order valence-electron chi connectivity index (χ3n) is 5.58. The summed E-state index contributed by atoms with van der Waals surface area (Å²) >= 11 is 18.9. The summed E-state index contributed by atoms with van der Waals surface area (Å²) in [7, 11) is 0. The topological polar surface area (TPSA) is 55.8 Å². The van der Waals surface area contributed by atoms with Crippen LogP contribution in [0.5, 0.6) is 5.75 Å². The first-order valence-electron chi connectivity index (χ1n) is 10.6. The Labute approximate surface area is 208 Å². The molecule has 1 aliphatic rings. The van der Waals surface area contributed by atoms with Crippen LogP contribution in [0.15, 0.2) is 60.7 Å². The van der Waals surface area contributed by atoms with Crippen LogP contribution >= 0.6 is 34.8 Å². The van der Waals surface area contributed by atoms with Gasteiger partial charge in [0.25, 0.3) is 0 Å². The molecule has 1 saturated heterocycles. The summed E-state index contributed by atoms with van der Waals surface area (Å²) < 4.78 is 11.5. The number of halogens is 3. The summed E-state index contributed by atoms with van der Waals surface area (Å²) in [6.07, 6.45) is -0.954. The molecule has 0 radical (unpaired) electrons. The highest BCUT2D eigenvalue weighted by molar-refractivity contribution is 6.32. The third kappa shape index (κ3) is 5.82. The van der Waals surface area contributed by atoms with Crippen LogP contribution < -0.4 is 4.74 Å². The Bertz CT molecular complexity index is 1080. The second-order valence-corrected chi connectivity index (χ2v) is 9.50. The van der Waals surface area contributed by atoms with Crippen LogP contribution in [0.2, 0.25) is 15.1 Å². The summed E-state index contributed by atoms with van der Waals surface area (Å²) in [6, 6.07) is 19.2. The standard InChI is InChI=1S/C26H23Cl3O4/c1-15-10-22(26(23(29)11-15)32-14-21-12-20(30)13-24(31)33-21)25(16-2-6-18(27)7-3-16)17-4-8-19(28)9-5-17/h2-11,20-21,25,30H,12-14H2,1H3/t20-,21+/m1/s1. The normalized spacial score (nSPS) is 18.3. The molecule has 0 bridgehead atoms. The Kier molecular flexibility index (Phi) is 7.50. The first kappa shape index (κ1) is 23.9. The van der Waals surface area contributed by atoms with Crippen molar-refractivity contribution in [3.05, 3.63) is 98.0 Å². The maximum Gasteiger partial charge on any atom is 0.308 e. The molecule has 1 heterocycles. The number of aliphatic hydroxyl groups is 1. The maximum atomic E-state index is 11.7. The second-order valence-electron chi connectivity index (χ2n) is 8.22. The fourth-order valence-electron chi connectivity index (χ4n) is 4.12. The molecule has 0 amide bonds. The number of carbonyl (C=O) groups excluding carboxylic acids is 1. The lowest BCUT2D eigenvalue weighted by Gasteiger charge is -2.28. The number of cyclic esters (lactones) is 1. The lowest BCUT2D eigenvalue weighted by Crippen LogP contribution is -2.36. The Balaban J connectivity index is 1.75. The molecule has 4 rings (SSSR count). The molecule has 0 saturated carbocycles. The van der Waals surface area contributed by atoms with E-state index in [4.69, 9.17) is 44.3 Å². The number of aryl methyl sites for hydroxylation is 1. The van der Waals surface area contributed by atoms with Crippen LogP contribution in [0.25, 0.3) is 0 Å². The number of hydrogen-bond acceptors (Lipinski definition) is 4. The second kappa shape index (κ2) is 10.4. The van der Waals surface area contributed by atoms with Gasteiger partial charge in [0.2, 0.25) is 0 Å². The van der Waals surface area contributed by atoms with Crippen molar-refractivity contribution in [2.75, 3.05) is 6.61 Å². The average molecular weight is 506 g/mol. The van der Waals surface area contributed by atoms with Crippen LogP contribution in [-0.4, -0.2) is 29.9 Å². The fourth-order valence-corrected chi connectivity index (χ4v) is 4.71. The molecular weight excluding hydrogens is 483 g/mol. The van der Waals surface area contributed by atoms with Gasteiger partial charge in [0, 0.05) is 27.9 Å². The van der Waals surface area contributed by atoms with Gasteiger partial charge in [-0.3, -0.25) is 4.79 Å². The van der Waals surface area contributed by atoms with Gasteiger partial charge < -0.3 is 14.6 Å². The first-order chi connectivity index (χ1) is 15.8. The molecule has 7 heteroatoms. The Morgan fingerprint density at radius 2 is 1.58 bits per heavy atom. The highest BCUT2D eigenvalue weighted by Crippen LogP contribution is 2.42. The largest absolute Gasteiger partial charge is 0.488 e. The number of aliphatic hydroxyl groups excluding tert-OH is 1. The van der Waals surface area contributed by atoms with Crippen molar-refractivity contribution >= 4 is 40.8 Å². The zero-order valence-electron chi connectivity index (χ0n) is 17.9. The highest BCUT2D eigenvalue weighted by Gasteiger charge is 2.29. The van der Waals surface area contributed by atoms with Gasteiger partial charge >= 0.3 is 5.97 Å². The monoisotopic (exact) mass is 504 g/mol. The number of hydrogen-bond donors (Lipinski definition) is 1. The predicted octanol–water partition coefficient (Wildman–Crippen LogP) is 6.58. The Morgan fingerprint density at radius 1 is 1.00 bits per heavy atom. The van der Waals surface area contributed by atoms with E-state index < -0.39 is 18.2 Å². The van der Waals surface area contributed by atoms with Crippen molar-refractivity contribution < 1.29 is 19.4 Å². The minimum atomic E-state index is -0.733. The van der Waals surface area contributed by atoms with E-state index in [0.717, 1.165) is 22.3 Å². The van der Waals surface area contributed by atoms with Gasteiger partial charge in [-0.2, -0.15) is 0 Å². The zero-order chi connectivity index (χ0) is 23.5. The van der Waals surface area contributed by atoms with Gasteiger partial charge in [-0.25, -0.2) is 0 Å². The quantitative estimate of drug-likeness (QED) is 0.304. The van der Waals surface area contributed by atoms with Crippen molar-refractivity contribution in [1.82, 2.24) is 0 Å². The van der Waals surface area contributed by atoms with E-state index in [2.05, 4.69) is 0 Å². The van der Waals surface area contributed by atoms with Crippen LogP contribution in [0.1, 0.15) is 41.0 Å². The fraction of sp³-hybridized carbons (Fsp3) is 0.269. The number of ether oxygens (including phenoxy) is 2. The number of benzene rings is 3. The van der Waals surface area contributed by atoms with E-state index in [-0.39, 0.29) is 18.9 Å². The summed E-state index contributed by atoms with van der Waals surface area (Å²) in [5.74, 6) is -0.127. The summed E-state index contributed by atoms with van der Waals surface area (Å²) in [5.41, 5.74) is 3.86. The van der Waals surface area contributed by atoms with Crippen molar-refractivity contribution in [1.29, 1.82) is 0 Å². The summed E-state index contributed by atoms with van der Waals surface area (Å²) in [5, 5.41) is 11.7. The molecule has 0 spiro atoms. The Hall–Kier alpha value is -2.24. The van der Waals surface area contributed by atoms with E-state index in [1.807, 2.05) is 67.6 Å². The molecule has 0 aromatic heterocycles. The molecule has 1 N–H and O–H groups in total. The predicted molar refractivity (Wildman–Crippen MR) is 131 cm³/mol. The van der Waals surface area contributed by atoms with E-state index in [1.54, 1.807) is 0 Å². The lowest BCUT2D eigenvalue weighted by molar-refractivity contribution is -0.162. The number of esters is 1. The van der Waals surface area contributed by atoms with Crippen LogP contribution in [-0.2, 0) is 9.53 Å². The number of carbonyl (C=O) groups is 1. The first-order valence-corrected chi connectivity index (χ1v) is 11.7. The van der Waals surface area contributed by atoms with Crippen molar-refractivity contribution in [2.24, 2.45) is 0 Å². The maximum absolute atomic E-state index is 11.7. The molecule has 0 unspecified atom stereocenters. The van der Waals surface area contributed by atoms with E-state index >= 15 is 0 Å². The van der Waals surface area contributed by atoms with Gasteiger partial charge in [0.1, 0.15) is 18.5 Å². The van der Waals surface area contributed by atoms with E-state index in [1.165, 1.54) is 0 Å². The average Bonchev–Trinajstić information content (AvgIpc) is 2.75. The van der Waals surface area contributed by atoms with Crippen LogP contribution in [0.3, 0.4) is 0 Å². The SMILES string of the molecule is Cc1cc(Cl)c(OC[C@@H]2C[C@@H](O)CC(=O)O2)c(C(c2ccc(Cl)cc2)c2ccc(Cl)cc2)c1. The van der Waals surface area contributed by atoms with Crippen molar-refractivity contribution in [2.45, 2.75) is 37.9 Å². The summed E-state index contributed by atoms with van der Waals surface area (Å²) in [4.78, 5) is 11.7. The van der Waals surface area contributed by atoms with Crippen LogP contribution in [0.4, 0.5) is 0 Å². The molecule has 172 valence electrons. The molecule has 3 aromatic rings. The summed E-state index contributed by atoms with van der Waals surface area (Å²) in [6.45, 7) is 2.06. The molecule has 3 aromatic carbocycles. The van der Waals surface area contributed by atoms with Crippen molar-refractivity contribution in [3.8, 4) is 5.75 Å². The van der Waals surface area contributed by atoms with Gasteiger partial charge in [-0.05, 0) is 53.9 Å². The minimum Gasteiger partial charge on any atom is -0.488 e. The van der Waals surface area contributed by atoms with Gasteiger partial charge in [0.05, 0.1) is 17.5 Å². The minimum absolute atomic E-state index is 0.00223. The zero-order valence-corrected chi connectivity index (χ0v) is 20.2. The molecular formula is C26H23Cl3O4. The molecule has 33 heavy (non-hydrogen) atoms. The third-order valence-corrected chi connectivity index (χ3v) is 6.37. The van der Waals surface area contributed by atoms with Gasteiger partial charge in [-0.1, -0.05) is 65.1 Å². The molecule has 0 aliphatic carbocycles. The van der Waals surface area contributed by atoms with Crippen LogP contribution in [0, 0.1) is 6.92 Å². The van der Waals surface area contributed by atoms with Gasteiger partial charge in [0.15, 0.2) is 0 Å². The molecule has 1 aliphatic heterocycles. The lowest BCUT2D eigenvalue weighted by atomic mass is 9.84. The number of rotatable bonds is 6. The molecule has 4 nitrogen and oxygen atoms in total. The van der Waals surface area contributed by atoms with E-state index in [0.29, 0.717) is 27.2 Å². The van der Waals surface area contributed by atoms with Gasteiger partial charge in [-0.15, -0.1) is 0 Å². The smallest absolute Gasteiger partial charge is 0.308 e. The molecule has 2 atom stereocenters. The Morgan fingerprint density at radius 3 is 2.12 bits per heavy atom. The van der Waals surface area contributed by atoms with Crippen molar-refractivity contribution in [3.63, 3.8) is 0 Å². The highest BCUT2D eigenvalue weighted by atomic mass is 35.5. The van der Waals surface area contributed by atoms with E-state index in [9.17, 15) is 9.90 Å².